The predicted octanol–water partition coefficient (Wildman–Crippen LogP) is 5.85. The van der Waals surface area contributed by atoms with Crippen LogP contribution in [0.2, 0.25) is 0 Å². The van der Waals surface area contributed by atoms with Crippen molar-refractivity contribution in [1.82, 2.24) is 0 Å². The van der Waals surface area contributed by atoms with E-state index in [0.717, 1.165) is 17.7 Å². The summed E-state index contributed by atoms with van der Waals surface area (Å²) in [5.74, 6) is -0.189. The van der Waals surface area contributed by atoms with E-state index in [-0.39, 0.29) is 11.1 Å². The third kappa shape index (κ3) is 2.97. The number of halogens is 1. The zero-order chi connectivity index (χ0) is 15.6. The number of rotatable bonds is 1. The molecule has 0 bridgehead atoms. The summed E-state index contributed by atoms with van der Waals surface area (Å²) in [7, 11) is 0. The number of benzene rings is 2. The van der Waals surface area contributed by atoms with E-state index in [4.69, 9.17) is 0 Å². The molecule has 1 unspecified atom stereocenters. The summed E-state index contributed by atoms with van der Waals surface area (Å²) in [6, 6.07) is 15.2. The molecule has 3 heteroatoms. The van der Waals surface area contributed by atoms with Gasteiger partial charge in [-0.2, -0.15) is 0 Å². The molecule has 0 saturated carbocycles. The van der Waals surface area contributed by atoms with Crippen LogP contribution in [0.4, 0.5) is 10.1 Å². The van der Waals surface area contributed by atoms with Gasteiger partial charge in [0.1, 0.15) is 5.82 Å². The van der Waals surface area contributed by atoms with Crippen LogP contribution in [0, 0.1) is 5.82 Å². The van der Waals surface area contributed by atoms with Crippen LogP contribution in [-0.4, -0.2) is 0 Å². The molecule has 0 radical (unpaired) electrons. The Morgan fingerprint density at radius 3 is 2.48 bits per heavy atom. The molecule has 1 atom stereocenters. The van der Waals surface area contributed by atoms with E-state index < -0.39 is 0 Å². The van der Waals surface area contributed by atoms with Crippen LogP contribution >= 0.6 is 11.8 Å². The van der Waals surface area contributed by atoms with Gasteiger partial charge in [-0.3, -0.25) is 0 Å². The highest BCUT2D eigenvalue weighted by molar-refractivity contribution is 7.99. The Morgan fingerprint density at radius 1 is 0.957 bits per heavy atom. The van der Waals surface area contributed by atoms with Gasteiger partial charge in [-0.15, -0.1) is 11.8 Å². The minimum Gasteiger partial charge on any atom is -0.357 e. The quantitative estimate of drug-likeness (QED) is 0.706. The molecule has 0 aromatic heterocycles. The summed E-state index contributed by atoms with van der Waals surface area (Å²) in [6.45, 7) is 0. The van der Waals surface area contributed by atoms with Crippen molar-refractivity contribution >= 4 is 17.4 Å². The zero-order valence-corrected chi connectivity index (χ0v) is 13.3. The maximum atomic E-state index is 13.2. The van der Waals surface area contributed by atoms with Gasteiger partial charge in [-0.1, -0.05) is 48.6 Å². The maximum Gasteiger partial charge on any atom is 0.123 e. The Hall–Kier alpha value is -2.26. The van der Waals surface area contributed by atoms with Gasteiger partial charge in [-0.05, 0) is 35.4 Å². The van der Waals surface area contributed by atoms with Crippen LogP contribution < -0.4 is 5.32 Å². The SMILES string of the molecule is Fc1ccc(C2CC(=C3C=CC=C3)Nc3ccccc3S2)cc1. The summed E-state index contributed by atoms with van der Waals surface area (Å²) < 4.78 is 13.2. The molecule has 1 heterocycles. The number of allylic oxidation sites excluding steroid dienone is 6. The zero-order valence-electron chi connectivity index (χ0n) is 12.5. The Balaban J connectivity index is 1.78. The molecule has 2 aromatic carbocycles. The van der Waals surface area contributed by atoms with E-state index in [9.17, 15) is 4.39 Å². The molecule has 2 aliphatic rings. The lowest BCUT2D eigenvalue weighted by Crippen LogP contribution is -2.03. The lowest BCUT2D eigenvalue weighted by Gasteiger charge is -2.16. The summed E-state index contributed by atoms with van der Waals surface area (Å²) in [5.41, 5.74) is 4.72. The van der Waals surface area contributed by atoms with E-state index in [0.29, 0.717) is 0 Å². The fraction of sp³-hybridized carbons (Fsp3) is 0.100. The molecule has 0 spiro atoms. The smallest absolute Gasteiger partial charge is 0.123 e. The van der Waals surface area contributed by atoms with Crippen LogP contribution in [0.15, 0.2) is 89.0 Å². The molecular formula is C20H16FNS. The summed E-state index contributed by atoms with van der Waals surface area (Å²) in [5, 5.41) is 3.86. The number of hydrogen-bond donors (Lipinski definition) is 1. The van der Waals surface area contributed by atoms with E-state index >= 15 is 0 Å². The fourth-order valence-corrected chi connectivity index (χ4v) is 4.15. The number of para-hydroxylation sites is 1. The van der Waals surface area contributed by atoms with Crippen LogP contribution in [0.25, 0.3) is 0 Å². The summed E-state index contributed by atoms with van der Waals surface area (Å²) in [6.07, 6.45) is 9.25. The number of anilines is 1. The molecule has 114 valence electrons. The molecule has 1 N–H and O–H groups in total. The first kappa shape index (κ1) is 14.3. The summed E-state index contributed by atoms with van der Waals surface area (Å²) in [4.78, 5) is 1.23. The first-order chi connectivity index (χ1) is 11.3. The average molecular weight is 321 g/mol. The fourth-order valence-electron chi connectivity index (χ4n) is 2.90. The maximum absolute atomic E-state index is 13.2. The van der Waals surface area contributed by atoms with E-state index in [2.05, 4.69) is 47.8 Å². The molecule has 0 saturated heterocycles. The molecule has 1 aliphatic carbocycles. The predicted molar refractivity (Wildman–Crippen MR) is 95.0 cm³/mol. The molecule has 2 aromatic rings. The largest absolute Gasteiger partial charge is 0.357 e. The van der Waals surface area contributed by atoms with Crippen molar-refractivity contribution in [2.75, 3.05) is 5.32 Å². The van der Waals surface area contributed by atoms with Crippen molar-refractivity contribution in [1.29, 1.82) is 0 Å². The number of hydrogen-bond acceptors (Lipinski definition) is 2. The minimum atomic E-state index is -0.189. The van der Waals surface area contributed by atoms with Crippen LogP contribution in [0.3, 0.4) is 0 Å². The Labute approximate surface area is 139 Å². The van der Waals surface area contributed by atoms with Crippen molar-refractivity contribution in [3.05, 3.63) is 95.5 Å². The van der Waals surface area contributed by atoms with E-state index in [1.54, 1.807) is 12.1 Å². The van der Waals surface area contributed by atoms with Crippen molar-refractivity contribution in [2.45, 2.75) is 16.6 Å². The number of nitrogens with one attached hydrogen (secondary N) is 1. The standard InChI is InChI=1S/C20H16FNS/c21-16-11-9-15(10-12-16)20-13-18(14-5-1-2-6-14)22-17-7-3-4-8-19(17)23-20/h1-12,20,22H,13H2. The van der Waals surface area contributed by atoms with Gasteiger partial charge >= 0.3 is 0 Å². The van der Waals surface area contributed by atoms with Crippen molar-refractivity contribution < 1.29 is 4.39 Å². The third-order valence-corrected chi connectivity index (χ3v) is 5.42. The van der Waals surface area contributed by atoms with Gasteiger partial charge in [0.05, 0.1) is 5.69 Å². The monoisotopic (exact) mass is 321 g/mol. The van der Waals surface area contributed by atoms with Gasteiger partial charge in [0.25, 0.3) is 0 Å². The number of thioether (sulfide) groups is 1. The van der Waals surface area contributed by atoms with E-state index in [1.165, 1.54) is 16.2 Å². The average Bonchev–Trinajstić information content (AvgIpc) is 3.03. The molecule has 23 heavy (non-hydrogen) atoms. The Kier molecular flexibility index (Phi) is 3.80. The van der Waals surface area contributed by atoms with Gasteiger partial charge in [-0.25, -0.2) is 4.39 Å². The lowest BCUT2D eigenvalue weighted by molar-refractivity contribution is 0.627. The molecule has 1 aliphatic heterocycles. The molecule has 0 amide bonds. The second-order valence-corrected chi connectivity index (χ2v) is 6.88. The first-order valence-corrected chi connectivity index (χ1v) is 8.54. The lowest BCUT2D eigenvalue weighted by atomic mass is 10.0. The second-order valence-electron chi connectivity index (χ2n) is 5.64. The highest BCUT2D eigenvalue weighted by atomic mass is 32.2. The normalized spacial score (nSPS) is 19.4. The highest BCUT2D eigenvalue weighted by Gasteiger charge is 2.22. The molecular weight excluding hydrogens is 305 g/mol. The van der Waals surface area contributed by atoms with Crippen molar-refractivity contribution in [3.63, 3.8) is 0 Å². The van der Waals surface area contributed by atoms with Crippen molar-refractivity contribution in [3.8, 4) is 0 Å². The summed E-state index contributed by atoms with van der Waals surface area (Å²) >= 11 is 1.83. The topological polar surface area (TPSA) is 12.0 Å². The van der Waals surface area contributed by atoms with Crippen LogP contribution in [-0.2, 0) is 0 Å². The van der Waals surface area contributed by atoms with Gasteiger partial charge in [0.2, 0.25) is 0 Å². The molecule has 0 fully saturated rings. The van der Waals surface area contributed by atoms with Crippen LogP contribution in [0.5, 0.6) is 0 Å². The Bertz CT molecular complexity index is 804. The molecule has 4 rings (SSSR count). The van der Waals surface area contributed by atoms with Gasteiger partial charge in [0, 0.05) is 22.3 Å². The van der Waals surface area contributed by atoms with Gasteiger partial charge < -0.3 is 5.32 Å². The Morgan fingerprint density at radius 2 is 1.70 bits per heavy atom. The molecule has 1 nitrogen and oxygen atoms in total. The van der Waals surface area contributed by atoms with Crippen molar-refractivity contribution in [2.24, 2.45) is 0 Å². The van der Waals surface area contributed by atoms with E-state index in [1.807, 2.05) is 30.0 Å². The highest BCUT2D eigenvalue weighted by Crippen LogP contribution is 2.46. The second kappa shape index (κ2) is 6.09. The third-order valence-electron chi connectivity index (χ3n) is 4.08. The first-order valence-electron chi connectivity index (χ1n) is 7.66. The van der Waals surface area contributed by atoms with Crippen LogP contribution in [0.1, 0.15) is 17.2 Å². The van der Waals surface area contributed by atoms with Gasteiger partial charge in [0.15, 0.2) is 0 Å². The number of fused-ring (bicyclic) bond motifs is 1. The minimum absolute atomic E-state index is 0.189.